The standard InChI is InChI=1S/C39H30O12/c1-43-22-10-31(46-4)28-16-25(37(40)49-34(28)13-22)19-7-20(26-17-29-32(47-5)11-23(44-2)14-35(29)50-38(26)41)9-21(8-19)27-18-30-33(48-6)12-24(45-3)15-36(30)51-39(27)42/h7-18H,1-6H3. The molecule has 12 heteroatoms. The van der Waals surface area contributed by atoms with Gasteiger partial charge in [0.25, 0.3) is 0 Å². The van der Waals surface area contributed by atoms with Gasteiger partial charge in [0, 0.05) is 36.4 Å². The second kappa shape index (κ2) is 13.0. The molecule has 0 spiro atoms. The van der Waals surface area contributed by atoms with Crippen LogP contribution in [0.25, 0.3) is 66.3 Å². The summed E-state index contributed by atoms with van der Waals surface area (Å²) < 4.78 is 50.1. The minimum atomic E-state index is -0.681. The summed E-state index contributed by atoms with van der Waals surface area (Å²) in [6, 6.07) is 19.5. The lowest BCUT2D eigenvalue weighted by Crippen LogP contribution is -2.07. The fraction of sp³-hybridized carbons (Fsp3) is 0.154. The van der Waals surface area contributed by atoms with Crippen LogP contribution in [0.5, 0.6) is 34.5 Å². The monoisotopic (exact) mass is 690 g/mol. The quantitative estimate of drug-likeness (QED) is 0.143. The number of benzene rings is 4. The Bertz CT molecular complexity index is 2380. The molecule has 51 heavy (non-hydrogen) atoms. The highest BCUT2D eigenvalue weighted by Crippen LogP contribution is 2.39. The lowest BCUT2D eigenvalue weighted by atomic mass is 9.93. The molecule has 3 aromatic heterocycles. The zero-order valence-corrected chi connectivity index (χ0v) is 28.3. The first kappa shape index (κ1) is 32.8. The maximum absolute atomic E-state index is 13.6. The van der Waals surface area contributed by atoms with Gasteiger partial charge in [-0.3, -0.25) is 0 Å². The molecule has 258 valence electrons. The van der Waals surface area contributed by atoms with Gasteiger partial charge < -0.3 is 41.7 Å². The van der Waals surface area contributed by atoms with Gasteiger partial charge in [-0.05, 0) is 53.1 Å². The predicted octanol–water partition coefficient (Wildman–Crippen LogP) is 7.06. The third kappa shape index (κ3) is 5.76. The molecule has 12 nitrogen and oxygen atoms in total. The maximum atomic E-state index is 13.6. The fourth-order valence-corrected chi connectivity index (χ4v) is 6.04. The van der Waals surface area contributed by atoms with Gasteiger partial charge >= 0.3 is 16.9 Å². The van der Waals surface area contributed by atoms with Crippen LogP contribution < -0.4 is 45.3 Å². The predicted molar refractivity (Wildman–Crippen MR) is 190 cm³/mol. The lowest BCUT2D eigenvalue weighted by Gasteiger charge is -2.13. The molecule has 0 aliphatic rings. The summed E-state index contributed by atoms with van der Waals surface area (Å²) >= 11 is 0. The van der Waals surface area contributed by atoms with Crippen LogP contribution in [0.4, 0.5) is 0 Å². The van der Waals surface area contributed by atoms with Crippen molar-refractivity contribution in [2.24, 2.45) is 0 Å². The van der Waals surface area contributed by atoms with Crippen LogP contribution in [0.1, 0.15) is 0 Å². The van der Waals surface area contributed by atoms with Crippen LogP contribution in [0.2, 0.25) is 0 Å². The highest BCUT2D eigenvalue weighted by molar-refractivity contribution is 5.93. The van der Waals surface area contributed by atoms with Crippen LogP contribution in [-0.4, -0.2) is 42.7 Å². The first-order chi connectivity index (χ1) is 24.7. The van der Waals surface area contributed by atoms with Gasteiger partial charge in [-0.2, -0.15) is 0 Å². The second-order valence-electron chi connectivity index (χ2n) is 11.4. The minimum absolute atomic E-state index is 0.133. The molecule has 3 heterocycles. The first-order valence-electron chi connectivity index (χ1n) is 15.4. The molecular weight excluding hydrogens is 660 g/mol. The summed E-state index contributed by atoms with van der Waals surface area (Å²) in [5.41, 5.74) is 0.0797. The summed E-state index contributed by atoms with van der Waals surface area (Å²) in [5, 5.41) is 1.48. The van der Waals surface area contributed by atoms with Crippen LogP contribution in [0.15, 0.2) is 100 Å². The number of hydrogen-bond acceptors (Lipinski definition) is 12. The molecular formula is C39H30O12. The molecule has 0 atom stereocenters. The lowest BCUT2D eigenvalue weighted by molar-refractivity contribution is 0.395. The molecule has 0 fully saturated rings. The molecule has 7 rings (SSSR count). The molecule has 0 aliphatic heterocycles. The van der Waals surface area contributed by atoms with E-state index in [-0.39, 0.29) is 33.4 Å². The van der Waals surface area contributed by atoms with E-state index in [4.69, 9.17) is 41.7 Å². The van der Waals surface area contributed by atoms with E-state index in [1.54, 1.807) is 72.8 Å². The average molecular weight is 691 g/mol. The molecule has 0 aliphatic carbocycles. The molecule has 0 radical (unpaired) electrons. The number of methoxy groups -OCH3 is 6. The van der Waals surface area contributed by atoms with Crippen LogP contribution in [0, 0.1) is 0 Å². The van der Waals surface area contributed by atoms with Crippen molar-refractivity contribution in [2.45, 2.75) is 0 Å². The summed E-state index contributed by atoms with van der Waals surface area (Å²) in [6.07, 6.45) is 0. The van der Waals surface area contributed by atoms with E-state index in [0.717, 1.165) is 0 Å². The van der Waals surface area contributed by atoms with Gasteiger partial charge in [0.1, 0.15) is 51.2 Å². The third-order valence-electron chi connectivity index (χ3n) is 8.60. The Hall–Kier alpha value is -6.69. The Morgan fingerprint density at radius 1 is 0.353 bits per heavy atom. The summed E-state index contributed by atoms with van der Waals surface area (Å²) in [5.74, 6) is 2.52. The SMILES string of the molecule is COc1cc(OC)c2cc(-c3cc(-c4cc5c(OC)cc(OC)cc5oc4=O)cc(-c4cc5c(OC)cc(OC)cc5oc4=O)c3)c(=O)oc2c1. The molecule has 0 N–H and O–H groups in total. The van der Waals surface area contributed by atoms with E-state index >= 15 is 0 Å². The van der Waals surface area contributed by atoms with Crippen LogP contribution in [0.3, 0.4) is 0 Å². The smallest absolute Gasteiger partial charge is 0.344 e. The van der Waals surface area contributed by atoms with Gasteiger partial charge in [-0.1, -0.05) is 0 Å². The van der Waals surface area contributed by atoms with Gasteiger partial charge in [-0.15, -0.1) is 0 Å². The number of fused-ring (bicyclic) bond motifs is 3. The Morgan fingerprint density at radius 3 is 0.863 bits per heavy atom. The van der Waals surface area contributed by atoms with Crippen molar-refractivity contribution in [2.75, 3.05) is 42.7 Å². The minimum Gasteiger partial charge on any atom is -0.496 e. The van der Waals surface area contributed by atoms with Crippen molar-refractivity contribution >= 4 is 32.9 Å². The molecule has 4 aromatic carbocycles. The number of ether oxygens (including phenoxy) is 6. The van der Waals surface area contributed by atoms with Gasteiger partial charge in [-0.25, -0.2) is 14.4 Å². The van der Waals surface area contributed by atoms with Crippen molar-refractivity contribution in [1.82, 2.24) is 0 Å². The van der Waals surface area contributed by atoms with Crippen LogP contribution in [-0.2, 0) is 0 Å². The Morgan fingerprint density at radius 2 is 0.627 bits per heavy atom. The Kier molecular flexibility index (Phi) is 8.35. The zero-order chi connectivity index (χ0) is 36.0. The molecule has 0 saturated carbocycles. The number of rotatable bonds is 9. The summed E-state index contributed by atoms with van der Waals surface area (Å²) in [4.78, 5) is 40.9. The normalized spacial score (nSPS) is 11.2. The van der Waals surface area contributed by atoms with E-state index in [9.17, 15) is 14.4 Å². The van der Waals surface area contributed by atoms with Crippen molar-refractivity contribution in [1.29, 1.82) is 0 Å². The topological polar surface area (TPSA) is 146 Å². The number of hydrogen-bond donors (Lipinski definition) is 0. The Labute approximate surface area is 288 Å². The van der Waals surface area contributed by atoms with Crippen LogP contribution >= 0.6 is 0 Å². The molecule has 7 aromatic rings. The van der Waals surface area contributed by atoms with E-state index in [1.807, 2.05) is 0 Å². The summed E-state index contributed by atoms with van der Waals surface area (Å²) in [6.45, 7) is 0. The van der Waals surface area contributed by atoms with Crippen molar-refractivity contribution in [3.8, 4) is 67.9 Å². The van der Waals surface area contributed by atoms with E-state index in [1.165, 1.54) is 42.7 Å². The molecule has 0 unspecified atom stereocenters. The van der Waals surface area contributed by atoms with E-state index < -0.39 is 16.9 Å². The maximum Gasteiger partial charge on any atom is 0.344 e. The van der Waals surface area contributed by atoms with Crippen molar-refractivity contribution in [3.05, 3.63) is 104 Å². The van der Waals surface area contributed by atoms with Crippen molar-refractivity contribution < 1.29 is 41.7 Å². The molecule has 0 saturated heterocycles. The highest BCUT2D eigenvalue weighted by atomic mass is 16.5. The highest BCUT2D eigenvalue weighted by Gasteiger charge is 2.20. The van der Waals surface area contributed by atoms with Gasteiger partial charge in [0.2, 0.25) is 0 Å². The second-order valence-corrected chi connectivity index (χ2v) is 11.4. The molecule has 0 amide bonds. The molecule has 0 bridgehead atoms. The largest absolute Gasteiger partial charge is 0.496 e. The average Bonchev–Trinajstić information content (AvgIpc) is 3.15. The third-order valence-corrected chi connectivity index (χ3v) is 8.60. The first-order valence-corrected chi connectivity index (χ1v) is 15.4. The fourth-order valence-electron chi connectivity index (χ4n) is 6.04. The van der Waals surface area contributed by atoms with Gasteiger partial charge in [0.15, 0.2) is 0 Å². The van der Waals surface area contributed by atoms with Crippen molar-refractivity contribution in [3.63, 3.8) is 0 Å². The zero-order valence-electron chi connectivity index (χ0n) is 28.3. The van der Waals surface area contributed by atoms with Gasteiger partial charge in [0.05, 0.1) is 75.5 Å². The van der Waals surface area contributed by atoms with E-state index in [0.29, 0.717) is 67.3 Å². The Balaban J connectivity index is 1.53. The van der Waals surface area contributed by atoms with E-state index in [2.05, 4.69) is 0 Å². The summed E-state index contributed by atoms with van der Waals surface area (Å²) in [7, 11) is 8.94.